The summed E-state index contributed by atoms with van der Waals surface area (Å²) in [6.45, 7) is 4.80. The van der Waals surface area contributed by atoms with Gasteiger partial charge in [-0.2, -0.15) is 0 Å². The Bertz CT molecular complexity index is 848. The van der Waals surface area contributed by atoms with E-state index >= 15 is 0 Å². The zero-order chi connectivity index (χ0) is 18.5. The predicted molar refractivity (Wildman–Crippen MR) is 106 cm³/mol. The smallest absolute Gasteiger partial charge is 0.108 e. The van der Waals surface area contributed by atoms with E-state index in [1.807, 2.05) is 48.8 Å². The maximum Gasteiger partial charge on any atom is 0.108 e. The minimum atomic E-state index is -0.664. The molecule has 1 aromatic carbocycles. The minimum Gasteiger partial charge on any atom is -0.384 e. The number of benzene rings is 1. The van der Waals surface area contributed by atoms with Gasteiger partial charge < -0.3 is 10.0 Å². The molecular weight excluding hydrogens is 336 g/mol. The van der Waals surface area contributed by atoms with Gasteiger partial charge in [0.2, 0.25) is 0 Å². The molecule has 1 atom stereocenters. The van der Waals surface area contributed by atoms with Crippen molar-refractivity contribution in [3.05, 3.63) is 90.0 Å². The highest BCUT2D eigenvalue weighted by molar-refractivity contribution is 5.56. The van der Waals surface area contributed by atoms with Gasteiger partial charge in [0.1, 0.15) is 6.10 Å². The molecule has 0 radical (unpaired) electrons. The largest absolute Gasteiger partial charge is 0.384 e. The predicted octanol–water partition coefficient (Wildman–Crippen LogP) is 2.88. The van der Waals surface area contributed by atoms with Crippen LogP contribution in [0.4, 0.5) is 5.69 Å². The molecule has 0 amide bonds. The second-order valence-electron chi connectivity index (χ2n) is 6.87. The number of aliphatic hydroxyl groups excluding tert-OH is 1. The molecule has 1 saturated heterocycles. The van der Waals surface area contributed by atoms with Crippen LogP contribution in [0, 0.1) is 0 Å². The van der Waals surface area contributed by atoms with E-state index in [0.29, 0.717) is 0 Å². The number of pyridine rings is 2. The topological polar surface area (TPSA) is 52.5 Å². The van der Waals surface area contributed by atoms with Crippen LogP contribution in [0.25, 0.3) is 0 Å². The van der Waals surface area contributed by atoms with Gasteiger partial charge in [-0.1, -0.05) is 30.3 Å². The molecule has 0 spiro atoms. The maximum atomic E-state index is 10.9. The van der Waals surface area contributed by atoms with Crippen molar-refractivity contribution in [1.82, 2.24) is 14.9 Å². The summed E-state index contributed by atoms with van der Waals surface area (Å²) in [7, 11) is 0. The van der Waals surface area contributed by atoms with Gasteiger partial charge in [0.15, 0.2) is 0 Å². The molecule has 3 heterocycles. The summed E-state index contributed by atoms with van der Waals surface area (Å²) in [4.78, 5) is 13.2. The zero-order valence-electron chi connectivity index (χ0n) is 15.3. The molecule has 0 bridgehead atoms. The molecule has 0 aliphatic carbocycles. The van der Waals surface area contributed by atoms with Crippen molar-refractivity contribution in [3.8, 4) is 0 Å². The summed E-state index contributed by atoms with van der Waals surface area (Å²) in [6.07, 6.45) is 6.54. The lowest BCUT2D eigenvalue weighted by molar-refractivity contribution is 0.218. The molecule has 5 heteroatoms. The molecule has 2 aromatic heterocycles. The van der Waals surface area contributed by atoms with Gasteiger partial charge in [-0.05, 0) is 23.8 Å². The molecule has 1 unspecified atom stereocenters. The van der Waals surface area contributed by atoms with Crippen LogP contribution in [-0.2, 0) is 6.54 Å². The normalized spacial score (nSPS) is 16.3. The third-order valence-electron chi connectivity index (χ3n) is 5.07. The van der Waals surface area contributed by atoms with Gasteiger partial charge >= 0.3 is 0 Å². The Morgan fingerprint density at radius 1 is 0.852 bits per heavy atom. The van der Waals surface area contributed by atoms with Gasteiger partial charge in [0.05, 0.1) is 0 Å². The second kappa shape index (κ2) is 8.29. The van der Waals surface area contributed by atoms with Gasteiger partial charge in [-0.25, -0.2) is 0 Å². The summed E-state index contributed by atoms with van der Waals surface area (Å²) in [5.41, 5.74) is 4.11. The van der Waals surface area contributed by atoms with Crippen molar-refractivity contribution in [2.75, 3.05) is 31.1 Å². The molecule has 1 aliphatic heterocycles. The van der Waals surface area contributed by atoms with E-state index in [-0.39, 0.29) is 0 Å². The SMILES string of the molecule is OC(c1cccnc1)c1ccccc1N1CCN(Cc2cccnc2)CC1. The van der Waals surface area contributed by atoms with E-state index in [4.69, 9.17) is 0 Å². The number of hydrogen-bond donors (Lipinski definition) is 1. The quantitative estimate of drug-likeness (QED) is 0.758. The first-order chi connectivity index (χ1) is 13.3. The van der Waals surface area contributed by atoms with Crippen molar-refractivity contribution in [1.29, 1.82) is 0 Å². The summed E-state index contributed by atoms with van der Waals surface area (Å²) >= 11 is 0. The van der Waals surface area contributed by atoms with Crippen LogP contribution in [0.1, 0.15) is 22.8 Å². The fraction of sp³-hybridized carbons (Fsp3) is 0.273. The number of hydrogen-bond acceptors (Lipinski definition) is 5. The molecule has 1 fully saturated rings. The first kappa shape index (κ1) is 17.6. The van der Waals surface area contributed by atoms with E-state index in [9.17, 15) is 5.11 Å². The monoisotopic (exact) mass is 360 g/mol. The molecule has 1 N–H and O–H groups in total. The molecule has 138 valence electrons. The molecular formula is C22H24N4O. The molecule has 0 saturated carbocycles. The number of aliphatic hydroxyl groups is 1. The molecule has 3 aromatic rings. The number of aromatic nitrogens is 2. The van der Waals surface area contributed by atoms with Crippen molar-refractivity contribution in [3.63, 3.8) is 0 Å². The highest BCUT2D eigenvalue weighted by Crippen LogP contribution is 2.31. The highest BCUT2D eigenvalue weighted by Gasteiger charge is 2.22. The molecule has 27 heavy (non-hydrogen) atoms. The van der Waals surface area contributed by atoms with Crippen LogP contribution in [-0.4, -0.2) is 46.2 Å². The van der Waals surface area contributed by atoms with E-state index < -0.39 is 6.10 Å². The average Bonchev–Trinajstić information content (AvgIpc) is 2.75. The van der Waals surface area contributed by atoms with Crippen LogP contribution in [0.15, 0.2) is 73.3 Å². The van der Waals surface area contributed by atoms with Gasteiger partial charge in [-0.3, -0.25) is 14.9 Å². The Labute approximate surface area is 159 Å². The molecule has 5 nitrogen and oxygen atoms in total. The van der Waals surface area contributed by atoms with Crippen LogP contribution >= 0.6 is 0 Å². The van der Waals surface area contributed by atoms with E-state index in [1.54, 1.807) is 12.4 Å². The Morgan fingerprint density at radius 2 is 1.59 bits per heavy atom. The van der Waals surface area contributed by atoms with Gasteiger partial charge in [0.25, 0.3) is 0 Å². The fourth-order valence-electron chi connectivity index (χ4n) is 3.62. The van der Waals surface area contributed by atoms with Crippen LogP contribution in [0.3, 0.4) is 0 Å². The van der Waals surface area contributed by atoms with Crippen molar-refractivity contribution in [2.24, 2.45) is 0 Å². The fourth-order valence-corrected chi connectivity index (χ4v) is 3.62. The van der Waals surface area contributed by atoms with Crippen molar-refractivity contribution in [2.45, 2.75) is 12.6 Å². The van der Waals surface area contributed by atoms with Gasteiger partial charge in [-0.15, -0.1) is 0 Å². The minimum absolute atomic E-state index is 0.664. The Morgan fingerprint density at radius 3 is 2.30 bits per heavy atom. The third kappa shape index (κ3) is 4.15. The summed E-state index contributed by atoms with van der Waals surface area (Å²) in [5, 5.41) is 10.9. The number of para-hydroxylation sites is 1. The van der Waals surface area contributed by atoms with Gasteiger partial charge in [0, 0.05) is 74.3 Å². The number of nitrogens with zero attached hydrogens (tertiary/aromatic N) is 4. The van der Waals surface area contributed by atoms with Crippen LogP contribution in [0.5, 0.6) is 0 Å². The molecule has 4 rings (SSSR count). The maximum absolute atomic E-state index is 10.9. The summed E-state index contributed by atoms with van der Waals surface area (Å²) in [5.74, 6) is 0. The van der Waals surface area contributed by atoms with E-state index in [1.165, 1.54) is 5.56 Å². The number of anilines is 1. The number of piperazine rings is 1. The zero-order valence-corrected chi connectivity index (χ0v) is 15.3. The first-order valence-electron chi connectivity index (χ1n) is 9.34. The Hall–Kier alpha value is -2.76. The average molecular weight is 360 g/mol. The number of rotatable bonds is 5. The lowest BCUT2D eigenvalue weighted by Gasteiger charge is -2.37. The van der Waals surface area contributed by atoms with Crippen molar-refractivity contribution < 1.29 is 5.11 Å². The lowest BCUT2D eigenvalue weighted by atomic mass is 10.00. The van der Waals surface area contributed by atoms with Crippen molar-refractivity contribution >= 4 is 5.69 Å². The lowest BCUT2D eigenvalue weighted by Crippen LogP contribution is -2.46. The Balaban J connectivity index is 1.46. The third-order valence-corrected chi connectivity index (χ3v) is 5.07. The standard InChI is InChI=1S/C22H24N4O/c27-22(19-6-4-10-24-16-19)20-7-1-2-8-21(20)26-13-11-25(12-14-26)17-18-5-3-9-23-15-18/h1-10,15-16,22,27H,11-14,17H2. The van der Waals surface area contributed by atoms with Crippen LogP contribution in [0.2, 0.25) is 0 Å². The first-order valence-corrected chi connectivity index (χ1v) is 9.34. The van der Waals surface area contributed by atoms with Crippen LogP contribution < -0.4 is 4.90 Å². The summed E-state index contributed by atoms with van der Waals surface area (Å²) < 4.78 is 0. The molecule has 1 aliphatic rings. The Kier molecular flexibility index (Phi) is 5.42. The van der Waals surface area contributed by atoms with E-state index in [0.717, 1.165) is 49.5 Å². The highest BCUT2D eigenvalue weighted by atomic mass is 16.3. The second-order valence-corrected chi connectivity index (χ2v) is 6.87. The summed E-state index contributed by atoms with van der Waals surface area (Å²) in [6, 6.07) is 16.0. The van der Waals surface area contributed by atoms with E-state index in [2.05, 4.69) is 31.9 Å².